The zero-order chi connectivity index (χ0) is 14.4. The van der Waals surface area contributed by atoms with E-state index >= 15 is 0 Å². The van der Waals surface area contributed by atoms with Gasteiger partial charge < -0.3 is 9.47 Å². The highest BCUT2D eigenvalue weighted by Crippen LogP contribution is 1.99. The first-order chi connectivity index (χ1) is 8.49. The molecule has 0 saturated heterocycles. The minimum Gasteiger partial charge on any atom is -0.463 e. The van der Waals surface area contributed by atoms with Crippen molar-refractivity contribution in [2.24, 2.45) is 0 Å². The van der Waals surface area contributed by atoms with Gasteiger partial charge in [-0.25, -0.2) is 9.59 Å². The van der Waals surface area contributed by atoms with Crippen LogP contribution in [0.15, 0.2) is 24.8 Å². The standard InChI is InChI=1S/C8H14O2S.C5H8O2/c1-4-11-6-5-10-8(9)7(2)3;1-3-5(6)7-4-2/h2,4-6H2,1,3H3;3H,1,4H2,2H3. The molecule has 104 valence electrons. The van der Waals surface area contributed by atoms with Gasteiger partial charge in [0.15, 0.2) is 0 Å². The smallest absolute Gasteiger partial charge is 0.333 e. The second-order valence-corrected chi connectivity index (χ2v) is 4.46. The molecule has 5 heteroatoms. The SMILES string of the molecule is C=C(C)C(=O)OCCSCC.C=CC(=O)OCC. The second kappa shape index (κ2) is 13.8. The van der Waals surface area contributed by atoms with Crippen LogP contribution in [0, 0.1) is 0 Å². The van der Waals surface area contributed by atoms with Crippen LogP contribution in [-0.2, 0) is 19.1 Å². The third-order valence-electron chi connectivity index (χ3n) is 1.47. The van der Waals surface area contributed by atoms with Gasteiger partial charge in [0.1, 0.15) is 6.61 Å². The molecule has 0 amide bonds. The molecule has 0 aliphatic heterocycles. The number of thioether (sulfide) groups is 1. The van der Waals surface area contributed by atoms with E-state index in [0.717, 1.165) is 17.6 Å². The van der Waals surface area contributed by atoms with Crippen molar-refractivity contribution in [2.75, 3.05) is 24.7 Å². The molecular formula is C13H22O4S. The van der Waals surface area contributed by atoms with Crippen LogP contribution >= 0.6 is 11.8 Å². The van der Waals surface area contributed by atoms with Gasteiger partial charge in [0.2, 0.25) is 0 Å². The molecule has 4 nitrogen and oxygen atoms in total. The maximum absolute atomic E-state index is 10.8. The fourth-order valence-corrected chi connectivity index (χ4v) is 1.15. The van der Waals surface area contributed by atoms with E-state index in [9.17, 15) is 9.59 Å². The minimum atomic E-state index is -0.359. The summed E-state index contributed by atoms with van der Waals surface area (Å²) >= 11 is 1.75. The molecule has 0 radical (unpaired) electrons. The van der Waals surface area contributed by atoms with E-state index in [2.05, 4.69) is 24.8 Å². The first-order valence-electron chi connectivity index (χ1n) is 5.69. The van der Waals surface area contributed by atoms with E-state index < -0.39 is 0 Å². The number of hydrogen-bond acceptors (Lipinski definition) is 5. The zero-order valence-electron chi connectivity index (χ0n) is 11.4. The molecule has 18 heavy (non-hydrogen) atoms. The number of ether oxygens (including phenoxy) is 2. The van der Waals surface area contributed by atoms with Gasteiger partial charge in [-0.1, -0.05) is 20.1 Å². The Bertz CT molecular complexity index is 274. The topological polar surface area (TPSA) is 52.6 Å². The van der Waals surface area contributed by atoms with E-state index in [1.165, 1.54) is 0 Å². The molecule has 0 unspecified atom stereocenters. The van der Waals surface area contributed by atoms with Gasteiger partial charge in [-0.05, 0) is 19.6 Å². The zero-order valence-corrected chi connectivity index (χ0v) is 12.2. The largest absolute Gasteiger partial charge is 0.463 e. The summed E-state index contributed by atoms with van der Waals surface area (Å²) in [5.74, 6) is 1.28. The van der Waals surface area contributed by atoms with E-state index in [4.69, 9.17) is 4.74 Å². The van der Waals surface area contributed by atoms with Crippen LogP contribution in [0.5, 0.6) is 0 Å². The highest BCUT2D eigenvalue weighted by Gasteiger charge is 2.00. The average Bonchev–Trinajstić information content (AvgIpc) is 2.35. The Morgan fingerprint density at radius 3 is 2.22 bits per heavy atom. The molecule has 0 heterocycles. The minimum absolute atomic E-state index is 0.290. The summed E-state index contributed by atoms with van der Waals surface area (Å²) in [4.78, 5) is 20.8. The van der Waals surface area contributed by atoms with Gasteiger partial charge in [-0.2, -0.15) is 11.8 Å². The molecule has 0 aromatic carbocycles. The number of esters is 2. The van der Waals surface area contributed by atoms with E-state index in [-0.39, 0.29) is 11.9 Å². The van der Waals surface area contributed by atoms with Gasteiger partial charge in [0, 0.05) is 17.4 Å². The molecule has 0 bridgehead atoms. The lowest BCUT2D eigenvalue weighted by Gasteiger charge is -2.02. The molecule has 0 aromatic heterocycles. The summed E-state index contributed by atoms with van der Waals surface area (Å²) in [5, 5.41) is 0. The number of hydrogen-bond donors (Lipinski definition) is 0. The average molecular weight is 274 g/mol. The number of carbonyl (C=O) groups is 2. The summed E-state index contributed by atoms with van der Waals surface area (Å²) in [7, 11) is 0. The Balaban J connectivity index is 0. The molecule has 0 N–H and O–H groups in total. The van der Waals surface area contributed by atoms with E-state index in [1.54, 1.807) is 25.6 Å². The third kappa shape index (κ3) is 14.8. The first kappa shape index (κ1) is 19.1. The molecule has 0 aromatic rings. The summed E-state index contributed by atoms with van der Waals surface area (Å²) in [6, 6.07) is 0. The Labute approximate surface area is 113 Å². The Kier molecular flexibility index (Phi) is 14.7. The van der Waals surface area contributed by atoms with Crippen molar-refractivity contribution in [3.63, 3.8) is 0 Å². The Morgan fingerprint density at radius 1 is 1.28 bits per heavy atom. The summed E-state index contributed by atoms with van der Waals surface area (Å²) < 4.78 is 9.28. The van der Waals surface area contributed by atoms with Crippen molar-refractivity contribution in [3.05, 3.63) is 24.8 Å². The van der Waals surface area contributed by atoms with Crippen LogP contribution in [0.2, 0.25) is 0 Å². The molecule has 0 aliphatic rings. The predicted octanol–water partition coefficient (Wildman–Crippen LogP) is 2.59. The van der Waals surface area contributed by atoms with E-state index in [1.807, 2.05) is 0 Å². The summed E-state index contributed by atoms with van der Waals surface area (Å²) in [5.41, 5.74) is 0.464. The van der Waals surface area contributed by atoms with Crippen LogP contribution in [0.3, 0.4) is 0 Å². The van der Waals surface area contributed by atoms with Crippen LogP contribution in [-0.4, -0.2) is 36.7 Å². The first-order valence-corrected chi connectivity index (χ1v) is 6.84. The van der Waals surface area contributed by atoms with Gasteiger partial charge >= 0.3 is 11.9 Å². The normalized spacial score (nSPS) is 8.61. The van der Waals surface area contributed by atoms with Crippen molar-refractivity contribution in [1.82, 2.24) is 0 Å². The number of rotatable bonds is 7. The van der Waals surface area contributed by atoms with Crippen LogP contribution < -0.4 is 0 Å². The highest BCUT2D eigenvalue weighted by atomic mass is 32.2. The Morgan fingerprint density at radius 2 is 1.89 bits per heavy atom. The molecule has 0 spiro atoms. The lowest BCUT2D eigenvalue weighted by Crippen LogP contribution is -2.07. The van der Waals surface area contributed by atoms with E-state index in [0.29, 0.717) is 18.8 Å². The lowest BCUT2D eigenvalue weighted by atomic mass is 10.4. The van der Waals surface area contributed by atoms with Crippen LogP contribution in [0.1, 0.15) is 20.8 Å². The van der Waals surface area contributed by atoms with Crippen molar-refractivity contribution in [2.45, 2.75) is 20.8 Å². The molecule has 0 atom stereocenters. The van der Waals surface area contributed by atoms with Gasteiger partial charge in [0.25, 0.3) is 0 Å². The second-order valence-electron chi connectivity index (χ2n) is 3.07. The van der Waals surface area contributed by atoms with Gasteiger partial charge in [-0.3, -0.25) is 0 Å². The van der Waals surface area contributed by atoms with Gasteiger partial charge in [-0.15, -0.1) is 0 Å². The van der Waals surface area contributed by atoms with Crippen LogP contribution in [0.25, 0.3) is 0 Å². The third-order valence-corrected chi connectivity index (χ3v) is 2.33. The predicted molar refractivity (Wildman–Crippen MR) is 75.6 cm³/mol. The van der Waals surface area contributed by atoms with Crippen molar-refractivity contribution in [3.8, 4) is 0 Å². The Hall–Kier alpha value is -1.23. The molecule has 0 rings (SSSR count). The quantitative estimate of drug-likeness (QED) is 0.406. The molecule has 0 fully saturated rings. The highest BCUT2D eigenvalue weighted by molar-refractivity contribution is 7.99. The molecule has 0 aliphatic carbocycles. The summed E-state index contributed by atoms with van der Waals surface area (Å²) in [6.07, 6.45) is 1.14. The maximum atomic E-state index is 10.8. The fraction of sp³-hybridized carbons (Fsp3) is 0.538. The van der Waals surface area contributed by atoms with Gasteiger partial charge in [0.05, 0.1) is 6.61 Å². The summed E-state index contributed by atoms with van der Waals surface area (Å²) in [6.45, 7) is 13.1. The van der Waals surface area contributed by atoms with Crippen molar-refractivity contribution >= 4 is 23.7 Å². The number of carbonyl (C=O) groups excluding carboxylic acids is 2. The fourth-order valence-electron chi connectivity index (χ4n) is 0.662. The molecular weight excluding hydrogens is 252 g/mol. The monoisotopic (exact) mass is 274 g/mol. The van der Waals surface area contributed by atoms with Crippen molar-refractivity contribution in [1.29, 1.82) is 0 Å². The van der Waals surface area contributed by atoms with Crippen molar-refractivity contribution < 1.29 is 19.1 Å². The lowest BCUT2D eigenvalue weighted by molar-refractivity contribution is -0.138. The van der Waals surface area contributed by atoms with Crippen LogP contribution in [0.4, 0.5) is 0 Å². The maximum Gasteiger partial charge on any atom is 0.333 e. The molecule has 0 saturated carbocycles.